The maximum atomic E-state index is 12.3. The summed E-state index contributed by atoms with van der Waals surface area (Å²) in [5, 5.41) is 0. The van der Waals surface area contributed by atoms with Crippen molar-refractivity contribution in [3.8, 4) is 5.75 Å². The van der Waals surface area contributed by atoms with Crippen LogP contribution in [0.15, 0.2) is 18.2 Å². The second kappa shape index (κ2) is 4.86. The van der Waals surface area contributed by atoms with Gasteiger partial charge < -0.3 is 10.5 Å². The predicted molar refractivity (Wildman–Crippen MR) is 79.8 cm³/mol. The number of rotatable bonds is 3. The number of hydrogen-bond acceptors (Lipinski definition) is 4. The molecular weight excluding hydrogens is 276 g/mol. The van der Waals surface area contributed by atoms with Gasteiger partial charge in [0.05, 0.1) is 18.2 Å². The molecule has 1 heterocycles. The van der Waals surface area contributed by atoms with Gasteiger partial charge in [0.25, 0.3) is 0 Å². The Labute approximate surface area is 122 Å². The number of nitrogens with zero attached hydrogens (tertiary/aromatic N) is 1. The van der Waals surface area contributed by atoms with Crippen molar-refractivity contribution >= 4 is 34.7 Å². The molecule has 0 saturated carbocycles. The Morgan fingerprint density at radius 2 is 2.05 bits per heavy atom. The highest BCUT2D eigenvalue weighted by Gasteiger charge is 2.46. The van der Waals surface area contributed by atoms with Crippen LogP contribution in [0.2, 0.25) is 0 Å². The van der Waals surface area contributed by atoms with E-state index in [1.807, 2.05) is 0 Å². The third kappa shape index (κ3) is 2.27. The SMILES string of the molecule is COc1cc(C(N)=S)ccc1N1C(=O)CC(C)(C)C1=O. The maximum absolute atomic E-state index is 12.3. The summed E-state index contributed by atoms with van der Waals surface area (Å²) in [4.78, 5) is 25.8. The molecule has 1 aliphatic heterocycles. The number of carbonyl (C=O) groups is 2. The number of anilines is 1. The van der Waals surface area contributed by atoms with Crippen molar-refractivity contribution in [1.29, 1.82) is 0 Å². The van der Waals surface area contributed by atoms with Gasteiger partial charge in [-0.3, -0.25) is 9.59 Å². The van der Waals surface area contributed by atoms with Gasteiger partial charge in [-0.1, -0.05) is 26.1 Å². The molecule has 5 nitrogen and oxygen atoms in total. The lowest BCUT2D eigenvalue weighted by Crippen LogP contribution is -2.33. The molecule has 0 unspecified atom stereocenters. The molecule has 20 heavy (non-hydrogen) atoms. The molecule has 0 aliphatic carbocycles. The number of ether oxygens (including phenoxy) is 1. The largest absolute Gasteiger partial charge is 0.495 e. The normalized spacial score (nSPS) is 17.4. The molecule has 6 heteroatoms. The van der Waals surface area contributed by atoms with E-state index in [4.69, 9.17) is 22.7 Å². The predicted octanol–water partition coefficient (Wildman–Crippen LogP) is 1.62. The first-order valence-corrected chi connectivity index (χ1v) is 6.54. The lowest BCUT2D eigenvalue weighted by atomic mass is 9.92. The van der Waals surface area contributed by atoms with Crippen LogP contribution in [-0.2, 0) is 9.59 Å². The van der Waals surface area contributed by atoms with Gasteiger partial charge in [0.1, 0.15) is 10.7 Å². The highest BCUT2D eigenvalue weighted by molar-refractivity contribution is 7.80. The Bertz CT molecular complexity index is 610. The first-order valence-electron chi connectivity index (χ1n) is 6.13. The van der Waals surface area contributed by atoms with E-state index in [-0.39, 0.29) is 23.2 Å². The minimum atomic E-state index is -0.691. The second-order valence-corrected chi connectivity index (χ2v) is 5.79. The van der Waals surface area contributed by atoms with Crippen LogP contribution in [0, 0.1) is 5.41 Å². The standard InChI is InChI=1S/C14H16N2O3S/c1-14(2)7-11(17)16(13(14)18)9-5-4-8(12(15)20)6-10(9)19-3/h4-6H,7H2,1-3H3,(H2,15,20). The molecule has 2 N–H and O–H groups in total. The fourth-order valence-electron chi connectivity index (χ4n) is 2.21. The van der Waals surface area contributed by atoms with Gasteiger partial charge in [0.15, 0.2) is 0 Å². The van der Waals surface area contributed by atoms with Crippen LogP contribution >= 0.6 is 12.2 Å². The molecule has 2 amide bonds. The Morgan fingerprint density at radius 1 is 1.40 bits per heavy atom. The van der Waals surface area contributed by atoms with Crippen molar-refractivity contribution in [2.24, 2.45) is 11.1 Å². The fraction of sp³-hybridized carbons (Fsp3) is 0.357. The lowest BCUT2D eigenvalue weighted by Gasteiger charge is -2.20. The third-order valence-corrected chi connectivity index (χ3v) is 3.57. The number of benzene rings is 1. The minimum Gasteiger partial charge on any atom is -0.495 e. The van der Waals surface area contributed by atoms with Gasteiger partial charge in [-0.15, -0.1) is 0 Å². The van der Waals surface area contributed by atoms with Crippen molar-refractivity contribution in [3.63, 3.8) is 0 Å². The molecule has 0 atom stereocenters. The fourth-order valence-corrected chi connectivity index (χ4v) is 2.33. The molecular formula is C14H16N2O3S. The van der Waals surface area contributed by atoms with Crippen LogP contribution in [0.1, 0.15) is 25.8 Å². The van der Waals surface area contributed by atoms with Crippen LogP contribution in [0.4, 0.5) is 5.69 Å². The zero-order chi connectivity index (χ0) is 15.1. The van der Waals surface area contributed by atoms with Crippen molar-refractivity contribution < 1.29 is 14.3 Å². The summed E-state index contributed by atoms with van der Waals surface area (Å²) in [5.74, 6) is -0.0695. The van der Waals surface area contributed by atoms with E-state index >= 15 is 0 Å². The van der Waals surface area contributed by atoms with E-state index in [0.717, 1.165) is 0 Å². The Kier molecular flexibility index (Phi) is 3.52. The molecule has 0 bridgehead atoms. The van der Waals surface area contributed by atoms with Gasteiger partial charge in [0, 0.05) is 12.0 Å². The topological polar surface area (TPSA) is 72.6 Å². The van der Waals surface area contributed by atoms with Crippen LogP contribution in [-0.4, -0.2) is 23.9 Å². The smallest absolute Gasteiger partial charge is 0.240 e. The quantitative estimate of drug-likeness (QED) is 0.677. The molecule has 0 aromatic heterocycles. The van der Waals surface area contributed by atoms with Crippen LogP contribution < -0.4 is 15.4 Å². The average molecular weight is 292 g/mol. The van der Waals surface area contributed by atoms with E-state index in [1.54, 1.807) is 32.0 Å². The Morgan fingerprint density at radius 3 is 2.50 bits per heavy atom. The van der Waals surface area contributed by atoms with Crippen molar-refractivity contribution in [1.82, 2.24) is 0 Å². The number of imide groups is 1. The monoisotopic (exact) mass is 292 g/mol. The lowest BCUT2D eigenvalue weighted by molar-refractivity contribution is -0.124. The van der Waals surface area contributed by atoms with E-state index < -0.39 is 5.41 Å². The number of hydrogen-bond donors (Lipinski definition) is 1. The number of amides is 2. The number of carbonyl (C=O) groups excluding carboxylic acids is 2. The molecule has 1 aliphatic rings. The Balaban J connectivity index is 2.51. The van der Waals surface area contributed by atoms with Gasteiger partial charge in [-0.25, -0.2) is 4.90 Å². The van der Waals surface area contributed by atoms with Gasteiger partial charge in [-0.05, 0) is 18.2 Å². The summed E-state index contributed by atoms with van der Waals surface area (Å²) in [5.41, 5.74) is 5.92. The van der Waals surface area contributed by atoms with E-state index in [0.29, 0.717) is 17.0 Å². The van der Waals surface area contributed by atoms with E-state index in [2.05, 4.69) is 0 Å². The molecule has 0 spiro atoms. The Hall–Kier alpha value is -1.95. The molecule has 106 valence electrons. The summed E-state index contributed by atoms with van der Waals surface area (Å²) < 4.78 is 5.25. The molecule has 1 aromatic rings. The molecule has 1 saturated heterocycles. The highest BCUT2D eigenvalue weighted by Crippen LogP contribution is 2.39. The molecule has 2 rings (SSSR count). The summed E-state index contributed by atoms with van der Waals surface area (Å²) in [7, 11) is 1.47. The van der Waals surface area contributed by atoms with Crippen molar-refractivity contribution in [2.75, 3.05) is 12.0 Å². The van der Waals surface area contributed by atoms with Crippen molar-refractivity contribution in [2.45, 2.75) is 20.3 Å². The second-order valence-electron chi connectivity index (χ2n) is 5.35. The zero-order valence-corrected chi connectivity index (χ0v) is 12.4. The minimum absolute atomic E-state index is 0.187. The van der Waals surface area contributed by atoms with Gasteiger partial charge >= 0.3 is 0 Å². The first-order chi connectivity index (χ1) is 9.27. The number of thiocarbonyl (C=S) groups is 1. The molecule has 1 aromatic carbocycles. The maximum Gasteiger partial charge on any atom is 0.240 e. The van der Waals surface area contributed by atoms with Gasteiger partial charge in [-0.2, -0.15) is 0 Å². The van der Waals surface area contributed by atoms with Gasteiger partial charge in [0.2, 0.25) is 11.8 Å². The zero-order valence-electron chi connectivity index (χ0n) is 11.6. The molecule has 1 fully saturated rings. The average Bonchev–Trinajstić information content (AvgIpc) is 2.57. The van der Waals surface area contributed by atoms with Crippen molar-refractivity contribution in [3.05, 3.63) is 23.8 Å². The highest BCUT2D eigenvalue weighted by atomic mass is 32.1. The summed E-state index contributed by atoms with van der Waals surface area (Å²) in [6, 6.07) is 4.93. The van der Waals surface area contributed by atoms with E-state index in [1.165, 1.54) is 12.0 Å². The summed E-state index contributed by atoms with van der Waals surface area (Å²) >= 11 is 4.91. The molecule has 0 radical (unpaired) electrons. The van der Waals surface area contributed by atoms with Crippen LogP contribution in [0.5, 0.6) is 5.75 Å². The van der Waals surface area contributed by atoms with Crippen LogP contribution in [0.25, 0.3) is 0 Å². The van der Waals surface area contributed by atoms with Crippen LogP contribution in [0.3, 0.4) is 0 Å². The third-order valence-electron chi connectivity index (χ3n) is 3.33. The number of nitrogens with two attached hydrogens (primary N) is 1. The number of methoxy groups -OCH3 is 1. The summed E-state index contributed by atoms with van der Waals surface area (Å²) in [6.07, 6.45) is 0.187. The summed E-state index contributed by atoms with van der Waals surface area (Å²) in [6.45, 7) is 3.51. The van der Waals surface area contributed by atoms with E-state index in [9.17, 15) is 9.59 Å². The first kappa shape index (κ1) is 14.5.